The molecule has 0 radical (unpaired) electrons. The lowest BCUT2D eigenvalue weighted by Crippen LogP contribution is -2.44. The summed E-state index contributed by atoms with van der Waals surface area (Å²) in [6, 6.07) is 14.1. The average Bonchev–Trinajstić information content (AvgIpc) is 2.67. The summed E-state index contributed by atoms with van der Waals surface area (Å²) in [5.74, 6) is -0.0834. The van der Waals surface area contributed by atoms with Crippen LogP contribution in [-0.4, -0.2) is 43.2 Å². The molecule has 144 valence electrons. The van der Waals surface area contributed by atoms with E-state index in [9.17, 15) is 13.2 Å². The van der Waals surface area contributed by atoms with Gasteiger partial charge < -0.3 is 10.6 Å². The van der Waals surface area contributed by atoms with Crippen LogP contribution >= 0.6 is 0 Å². The number of benzene rings is 2. The molecule has 0 saturated heterocycles. The molecule has 2 aromatic rings. The van der Waals surface area contributed by atoms with Gasteiger partial charge in [-0.15, -0.1) is 0 Å². The number of nitrogens with two attached hydrogens (primary N) is 1. The topological polar surface area (TPSA) is 83.7 Å². The van der Waals surface area contributed by atoms with Gasteiger partial charge in [-0.1, -0.05) is 36.4 Å². The molecule has 0 aromatic heterocycles. The zero-order chi connectivity index (χ0) is 19.6. The molecule has 0 spiro atoms. The van der Waals surface area contributed by atoms with E-state index >= 15 is 0 Å². The van der Waals surface area contributed by atoms with Crippen LogP contribution in [0, 0.1) is 0 Å². The molecule has 0 unspecified atom stereocenters. The second-order valence-corrected chi connectivity index (χ2v) is 9.02. The minimum absolute atomic E-state index is 0.0834. The summed E-state index contributed by atoms with van der Waals surface area (Å²) >= 11 is 0. The van der Waals surface area contributed by atoms with E-state index in [1.54, 1.807) is 37.1 Å². The highest BCUT2D eigenvalue weighted by atomic mass is 32.2. The lowest BCUT2D eigenvalue weighted by Gasteiger charge is -2.30. The normalized spacial score (nSPS) is 15.5. The van der Waals surface area contributed by atoms with E-state index in [0.717, 1.165) is 16.7 Å². The van der Waals surface area contributed by atoms with Gasteiger partial charge >= 0.3 is 0 Å². The van der Waals surface area contributed by atoms with Crippen LogP contribution in [0.3, 0.4) is 0 Å². The van der Waals surface area contributed by atoms with E-state index in [4.69, 9.17) is 5.73 Å². The molecule has 27 heavy (non-hydrogen) atoms. The lowest BCUT2D eigenvalue weighted by molar-refractivity contribution is -0.133. The maximum Gasteiger partial charge on any atom is 0.243 e. The van der Waals surface area contributed by atoms with Crippen molar-refractivity contribution in [3.63, 3.8) is 0 Å². The summed E-state index contributed by atoms with van der Waals surface area (Å²) in [6.07, 6.45) is 0.625. The summed E-state index contributed by atoms with van der Waals surface area (Å²) in [4.78, 5) is 14.1. The molecule has 3 rings (SSSR count). The lowest BCUT2D eigenvalue weighted by atomic mass is 9.99. The van der Waals surface area contributed by atoms with Crippen LogP contribution in [0.2, 0.25) is 0 Å². The van der Waals surface area contributed by atoms with Crippen LogP contribution < -0.4 is 5.73 Å². The Balaban J connectivity index is 1.79. The van der Waals surface area contributed by atoms with E-state index in [1.165, 1.54) is 4.31 Å². The molecule has 0 aliphatic carbocycles. The first-order chi connectivity index (χ1) is 12.8. The summed E-state index contributed by atoms with van der Waals surface area (Å²) in [5.41, 5.74) is 8.57. The Labute approximate surface area is 160 Å². The number of nitrogens with zero attached hydrogens (tertiary/aromatic N) is 2. The maximum atomic E-state index is 12.9. The van der Waals surface area contributed by atoms with Crippen molar-refractivity contribution in [1.29, 1.82) is 0 Å². The predicted octanol–water partition coefficient (Wildman–Crippen LogP) is 1.74. The molecule has 1 heterocycles. The number of rotatable bonds is 5. The molecule has 6 nitrogen and oxygen atoms in total. The van der Waals surface area contributed by atoms with Crippen LogP contribution in [0.5, 0.6) is 0 Å². The van der Waals surface area contributed by atoms with Crippen LogP contribution in [0.25, 0.3) is 0 Å². The molecule has 0 fully saturated rings. The van der Waals surface area contributed by atoms with Gasteiger partial charge in [0.05, 0.1) is 10.9 Å². The van der Waals surface area contributed by atoms with E-state index in [2.05, 4.69) is 0 Å². The highest BCUT2D eigenvalue weighted by Gasteiger charge is 2.26. The fraction of sp³-hybridized carbons (Fsp3) is 0.350. The van der Waals surface area contributed by atoms with Crippen molar-refractivity contribution in [2.24, 2.45) is 5.73 Å². The maximum absolute atomic E-state index is 12.9. The number of fused-ring (bicyclic) bond motifs is 1. The van der Waals surface area contributed by atoms with E-state index in [0.29, 0.717) is 26.1 Å². The number of carbonyl (C=O) groups excluding carboxylic acids is 1. The Morgan fingerprint density at radius 1 is 1.19 bits per heavy atom. The summed E-state index contributed by atoms with van der Waals surface area (Å²) in [7, 11) is -1.99. The minimum Gasteiger partial charge on any atom is -0.337 e. The van der Waals surface area contributed by atoms with Gasteiger partial charge in [-0.25, -0.2) is 8.42 Å². The molecule has 0 bridgehead atoms. The summed E-state index contributed by atoms with van der Waals surface area (Å²) in [5, 5.41) is 0. The third-order valence-corrected chi connectivity index (χ3v) is 6.65. The second kappa shape index (κ2) is 7.80. The first-order valence-electron chi connectivity index (χ1n) is 8.95. The molecule has 7 heteroatoms. The van der Waals surface area contributed by atoms with Crippen LogP contribution in [0.15, 0.2) is 53.4 Å². The standard InChI is InChI=1S/C20H25N3O3S/c1-15(21)20(24)23-11-10-17-12-19(9-8-18(17)14-23)27(25,26)22(2)13-16-6-4-3-5-7-16/h3-9,12,15H,10-11,13-14,21H2,1-2H3/t15-/m1/s1. The molecule has 2 N–H and O–H groups in total. The number of hydrogen-bond acceptors (Lipinski definition) is 4. The van der Waals surface area contributed by atoms with Crippen molar-refractivity contribution in [3.05, 3.63) is 65.2 Å². The summed E-state index contributed by atoms with van der Waals surface area (Å²) in [6.45, 7) is 3.01. The number of carbonyl (C=O) groups is 1. The quantitative estimate of drug-likeness (QED) is 0.847. The van der Waals surface area contributed by atoms with Crippen molar-refractivity contribution in [2.75, 3.05) is 13.6 Å². The summed E-state index contributed by atoms with van der Waals surface area (Å²) < 4.78 is 27.2. The van der Waals surface area contributed by atoms with E-state index in [-0.39, 0.29) is 10.8 Å². The molecular weight excluding hydrogens is 362 g/mol. The second-order valence-electron chi connectivity index (χ2n) is 6.98. The predicted molar refractivity (Wildman–Crippen MR) is 104 cm³/mol. The molecule has 1 aliphatic rings. The van der Waals surface area contributed by atoms with Crippen LogP contribution in [0.1, 0.15) is 23.6 Å². The Morgan fingerprint density at radius 3 is 2.56 bits per heavy atom. The third kappa shape index (κ3) is 4.21. The first kappa shape index (κ1) is 19.5. The molecule has 1 atom stereocenters. The fourth-order valence-corrected chi connectivity index (χ4v) is 4.48. The van der Waals surface area contributed by atoms with E-state index < -0.39 is 16.1 Å². The Bertz CT molecular complexity index is 927. The number of hydrogen-bond donors (Lipinski definition) is 1. The highest BCUT2D eigenvalue weighted by molar-refractivity contribution is 7.89. The molecule has 1 amide bonds. The van der Waals surface area contributed by atoms with Crippen LogP contribution in [0.4, 0.5) is 0 Å². The van der Waals surface area contributed by atoms with Crippen molar-refractivity contribution in [1.82, 2.24) is 9.21 Å². The molecular formula is C20H25N3O3S. The van der Waals surface area contributed by atoms with Gasteiger partial charge in [0.15, 0.2) is 0 Å². The van der Waals surface area contributed by atoms with Crippen molar-refractivity contribution >= 4 is 15.9 Å². The average molecular weight is 388 g/mol. The van der Waals surface area contributed by atoms with E-state index in [1.807, 2.05) is 30.3 Å². The fourth-order valence-electron chi connectivity index (χ4n) is 3.27. The Kier molecular flexibility index (Phi) is 5.64. The smallest absolute Gasteiger partial charge is 0.243 e. The van der Waals surface area contributed by atoms with Gasteiger partial charge in [0.2, 0.25) is 15.9 Å². The first-order valence-corrected chi connectivity index (χ1v) is 10.4. The Hall–Kier alpha value is -2.22. The van der Waals surface area contributed by atoms with Crippen molar-refractivity contribution < 1.29 is 13.2 Å². The molecule has 1 aliphatic heterocycles. The highest BCUT2D eigenvalue weighted by Crippen LogP contribution is 2.25. The van der Waals surface area contributed by atoms with Gasteiger partial charge in [0.1, 0.15) is 0 Å². The van der Waals surface area contributed by atoms with Gasteiger partial charge in [0.25, 0.3) is 0 Å². The largest absolute Gasteiger partial charge is 0.337 e. The zero-order valence-corrected chi connectivity index (χ0v) is 16.4. The SMILES string of the molecule is C[C@@H](N)C(=O)N1CCc2cc(S(=O)(=O)N(C)Cc3ccccc3)ccc2C1. The van der Waals surface area contributed by atoms with Gasteiger partial charge in [-0.2, -0.15) is 4.31 Å². The number of sulfonamides is 1. The minimum atomic E-state index is -3.58. The van der Waals surface area contributed by atoms with Crippen LogP contribution in [-0.2, 0) is 34.3 Å². The van der Waals surface area contributed by atoms with Gasteiger partial charge in [0, 0.05) is 26.7 Å². The monoisotopic (exact) mass is 387 g/mol. The number of amides is 1. The zero-order valence-electron chi connectivity index (χ0n) is 15.6. The van der Waals surface area contributed by atoms with Crippen molar-refractivity contribution in [3.8, 4) is 0 Å². The molecule has 0 saturated carbocycles. The van der Waals surface area contributed by atoms with Gasteiger partial charge in [-0.05, 0) is 42.2 Å². The van der Waals surface area contributed by atoms with Crippen molar-refractivity contribution in [2.45, 2.75) is 37.4 Å². The third-order valence-electron chi connectivity index (χ3n) is 4.85. The molecule has 2 aromatic carbocycles. The van der Waals surface area contributed by atoms with Gasteiger partial charge in [-0.3, -0.25) is 4.79 Å². The Morgan fingerprint density at radius 2 is 1.89 bits per heavy atom.